The first-order valence-corrected chi connectivity index (χ1v) is 9.52. The van der Waals surface area contributed by atoms with Crippen LogP contribution in [0.5, 0.6) is 11.5 Å². The van der Waals surface area contributed by atoms with Gasteiger partial charge in [0.2, 0.25) is 0 Å². The largest absolute Gasteiger partial charge is 0.489 e. The Bertz CT molecular complexity index is 868. The van der Waals surface area contributed by atoms with Crippen molar-refractivity contribution in [2.75, 3.05) is 26.4 Å². The van der Waals surface area contributed by atoms with E-state index in [9.17, 15) is 14.4 Å². The molecule has 2 aliphatic rings. The molecule has 3 rings (SSSR count). The van der Waals surface area contributed by atoms with Gasteiger partial charge in [-0.05, 0) is 26.0 Å². The van der Waals surface area contributed by atoms with Gasteiger partial charge in [-0.3, -0.25) is 0 Å². The highest BCUT2D eigenvalue weighted by Gasteiger charge is 2.30. The lowest BCUT2D eigenvalue weighted by atomic mass is 10.0. The van der Waals surface area contributed by atoms with Crippen LogP contribution in [0.2, 0.25) is 5.02 Å². The van der Waals surface area contributed by atoms with Gasteiger partial charge < -0.3 is 29.6 Å². The van der Waals surface area contributed by atoms with Gasteiger partial charge >= 0.3 is 18.0 Å². The molecule has 1 aromatic rings. The van der Waals surface area contributed by atoms with E-state index in [4.69, 9.17) is 30.5 Å². The molecule has 1 aromatic carbocycles. The molecule has 0 unspecified atom stereocenters. The molecule has 10 heteroatoms. The third-order valence-corrected chi connectivity index (χ3v) is 4.53. The first-order valence-electron chi connectivity index (χ1n) is 9.14. The monoisotopic (exact) mass is 424 g/mol. The summed E-state index contributed by atoms with van der Waals surface area (Å²) in [7, 11) is 0. The first-order chi connectivity index (χ1) is 13.9. The second-order valence-corrected chi connectivity index (χ2v) is 6.75. The molecule has 2 amide bonds. The molecule has 29 heavy (non-hydrogen) atoms. The minimum absolute atomic E-state index is 0.158. The van der Waals surface area contributed by atoms with Gasteiger partial charge in [-0.25, -0.2) is 14.4 Å². The summed E-state index contributed by atoms with van der Waals surface area (Å²) in [6, 6.07) is 1.81. The summed E-state index contributed by atoms with van der Waals surface area (Å²) in [5.74, 6) is -0.555. The Morgan fingerprint density at radius 3 is 2.72 bits per heavy atom. The van der Waals surface area contributed by atoms with E-state index in [0.717, 1.165) is 0 Å². The summed E-state index contributed by atoms with van der Waals surface area (Å²) in [6.07, 6.45) is 0.696. The van der Waals surface area contributed by atoms with E-state index in [1.807, 2.05) is 0 Å². The molecule has 0 aliphatic carbocycles. The minimum Gasteiger partial charge on any atom is -0.489 e. The van der Waals surface area contributed by atoms with Crippen molar-refractivity contribution in [2.24, 2.45) is 0 Å². The van der Waals surface area contributed by atoms with E-state index < -0.39 is 24.0 Å². The minimum atomic E-state index is -0.696. The molecule has 0 spiro atoms. The Labute approximate surface area is 172 Å². The predicted molar refractivity (Wildman–Crippen MR) is 102 cm³/mol. The first kappa shape index (κ1) is 20.8. The number of carbonyl (C=O) groups excluding carboxylic acids is 3. The number of fused-ring (bicyclic) bond motifs is 1. The number of benzene rings is 1. The van der Waals surface area contributed by atoms with E-state index in [1.165, 1.54) is 12.1 Å². The molecule has 156 valence electrons. The van der Waals surface area contributed by atoms with Crippen LogP contribution in [-0.4, -0.2) is 50.4 Å². The molecule has 0 aromatic heterocycles. The third-order valence-electron chi connectivity index (χ3n) is 4.25. The molecule has 2 heterocycles. The van der Waals surface area contributed by atoms with Crippen molar-refractivity contribution in [3.63, 3.8) is 0 Å². The zero-order chi connectivity index (χ0) is 21.0. The SMILES string of the molecule is CCOC(=O)C1=C(COC(=O)c2cc(Cl)c3c(c2)OCCCO3)NC(=O)N[C@H]1C. The van der Waals surface area contributed by atoms with Crippen LogP contribution in [0.25, 0.3) is 0 Å². The van der Waals surface area contributed by atoms with Crippen LogP contribution in [0.4, 0.5) is 4.79 Å². The second-order valence-electron chi connectivity index (χ2n) is 6.34. The van der Waals surface area contributed by atoms with Crippen LogP contribution in [0.3, 0.4) is 0 Å². The maximum absolute atomic E-state index is 12.5. The summed E-state index contributed by atoms with van der Waals surface area (Å²) >= 11 is 6.20. The van der Waals surface area contributed by atoms with Crippen LogP contribution in [0.1, 0.15) is 30.6 Å². The summed E-state index contributed by atoms with van der Waals surface area (Å²) < 4.78 is 21.4. The maximum Gasteiger partial charge on any atom is 0.338 e. The predicted octanol–water partition coefficient (Wildman–Crippen LogP) is 2.18. The van der Waals surface area contributed by atoms with Crippen molar-refractivity contribution < 1.29 is 33.3 Å². The third kappa shape index (κ3) is 4.73. The van der Waals surface area contributed by atoms with Crippen molar-refractivity contribution in [3.8, 4) is 11.5 Å². The Hall–Kier alpha value is -2.94. The summed E-state index contributed by atoms with van der Waals surface area (Å²) in [5.41, 5.74) is 0.510. The van der Waals surface area contributed by atoms with Crippen molar-refractivity contribution >= 4 is 29.6 Å². The van der Waals surface area contributed by atoms with Gasteiger partial charge in [-0.15, -0.1) is 0 Å². The fraction of sp³-hybridized carbons (Fsp3) is 0.421. The van der Waals surface area contributed by atoms with Gasteiger partial charge in [-0.2, -0.15) is 0 Å². The molecule has 0 saturated heterocycles. The number of halogens is 1. The Balaban J connectivity index is 1.79. The van der Waals surface area contributed by atoms with Crippen LogP contribution >= 0.6 is 11.6 Å². The van der Waals surface area contributed by atoms with E-state index in [-0.39, 0.29) is 35.1 Å². The van der Waals surface area contributed by atoms with Crippen LogP contribution in [-0.2, 0) is 14.3 Å². The van der Waals surface area contributed by atoms with Crippen molar-refractivity contribution in [2.45, 2.75) is 26.3 Å². The molecule has 0 fully saturated rings. The van der Waals surface area contributed by atoms with Gasteiger partial charge in [-0.1, -0.05) is 11.6 Å². The molecule has 9 nitrogen and oxygen atoms in total. The normalized spacial score (nSPS) is 18.3. The van der Waals surface area contributed by atoms with E-state index >= 15 is 0 Å². The highest BCUT2D eigenvalue weighted by atomic mass is 35.5. The van der Waals surface area contributed by atoms with Gasteiger partial charge in [0.05, 0.1) is 47.7 Å². The maximum atomic E-state index is 12.5. The molecular weight excluding hydrogens is 404 g/mol. The average molecular weight is 425 g/mol. The fourth-order valence-electron chi connectivity index (χ4n) is 2.96. The van der Waals surface area contributed by atoms with E-state index in [1.54, 1.807) is 13.8 Å². The standard InChI is InChI=1S/C19H21ClN2O7/c1-3-26-18(24)15-10(2)21-19(25)22-13(15)9-29-17(23)11-7-12(20)16-14(8-11)27-5-4-6-28-16/h7-8,10H,3-6,9H2,1-2H3,(H2,21,22,25)/t10-/m0/s1. The topological polar surface area (TPSA) is 112 Å². The van der Waals surface area contributed by atoms with Crippen LogP contribution in [0.15, 0.2) is 23.4 Å². The number of urea groups is 1. The van der Waals surface area contributed by atoms with Gasteiger partial charge in [0, 0.05) is 6.42 Å². The number of carbonyl (C=O) groups is 3. The zero-order valence-electron chi connectivity index (χ0n) is 16.0. The quantitative estimate of drug-likeness (QED) is 0.696. The van der Waals surface area contributed by atoms with Gasteiger partial charge in [0.15, 0.2) is 11.5 Å². The number of hydrogen-bond donors (Lipinski definition) is 2. The van der Waals surface area contributed by atoms with Crippen molar-refractivity contribution in [3.05, 3.63) is 34.0 Å². The summed E-state index contributed by atoms with van der Waals surface area (Å²) in [5, 5.41) is 5.29. The molecule has 0 saturated carbocycles. The number of amides is 2. The summed E-state index contributed by atoms with van der Waals surface area (Å²) in [4.78, 5) is 36.5. The van der Waals surface area contributed by atoms with E-state index in [2.05, 4.69) is 10.6 Å². The van der Waals surface area contributed by atoms with Gasteiger partial charge in [0.1, 0.15) is 6.61 Å². The summed E-state index contributed by atoms with van der Waals surface area (Å²) in [6.45, 7) is 4.06. The number of ether oxygens (including phenoxy) is 4. The van der Waals surface area contributed by atoms with Crippen molar-refractivity contribution in [1.29, 1.82) is 0 Å². The van der Waals surface area contributed by atoms with Crippen LogP contribution in [0, 0.1) is 0 Å². The highest BCUT2D eigenvalue weighted by molar-refractivity contribution is 6.32. The number of esters is 2. The number of nitrogens with one attached hydrogen (secondary N) is 2. The molecule has 2 N–H and O–H groups in total. The smallest absolute Gasteiger partial charge is 0.338 e. The lowest BCUT2D eigenvalue weighted by molar-refractivity contribution is -0.139. The Kier molecular flexibility index (Phi) is 6.48. The lowest BCUT2D eigenvalue weighted by Crippen LogP contribution is -2.50. The van der Waals surface area contributed by atoms with E-state index in [0.29, 0.717) is 31.1 Å². The number of hydrogen-bond acceptors (Lipinski definition) is 7. The highest BCUT2D eigenvalue weighted by Crippen LogP contribution is 2.38. The average Bonchev–Trinajstić information content (AvgIpc) is 2.91. The Morgan fingerprint density at radius 2 is 1.97 bits per heavy atom. The molecule has 1 atom stereocenters. The van der Waals surface area contributed by atoms with Crippen molar-refractivity contribution in [1.82, 2.24) is 10.6 Å². The Morgan fingerprint density at radius 1 is 1.21 bits per heavy atom. The fourth-order valence-corrected chi connectivity index (χ4v) is 3.23. The lowest BCUT2D eigenvalue weighted by Gasteiger charge is -2.26. The second kappa shape index (κ2) is 9.04. The molecule has 0 bridgehead atoms. The molecular formula is C19H21ClN2O7. The number of rotatable bonds is 5. The zero-order valence-corrected chi connectivity index (χ0v) is 16.8. The molecule has 2 aliphatic heterocycles. The molecule has 0 radical (unpaired) electrons. The van der Waals surface area contributed by atoms with Gasteiger partial charge in [0.25, 0.3) is 0 Å². The van der Waals surface area contributed by atoms with Crippen LogP contribution < -0.4 is 20.1 Å².